The van der Waals surface area contributed by atoms with Crippen molar-refractivity contribution in [2.24, 2.45) is 13.0 Å². The monoisotopic (exact) mass is 269 g/mol. The Bertz CT molecular complexity index is 579. The lowest BCUT2D eigenvalue weighted by atomic mass is 10.0. The van der Waals surface area contributed by atoms with E-state index < -0.39 is 0 Å². The third-order valence-corrected chi connectivity index (χ3v) is 4.38. The van der Waals surface area contributed by atoms with Gasteiger partial charge in [-0.05, 0) is 38.2 Å². The number of rotatable bonds is 5. The molecule has 1 aliphatic carbocycles. The first kappa shape index (κ1) is 13.4. The molecule has 2 aromatic rings. The van der Waals surface area contributed by atoms with Gasteiger partial charge in [0.25, 0.3) is 0 Å². The minimum atomic E-state index is 0.482. The number of aryl methyl sites for hydroxylation is 2. The molecular weight excluding hydrogens is 246 g/mol. The molecule has 1 heterocycles. The number of hydrogen-bond donors (Lipinski definition) is 1. The van der Waals surface area contributed by atoms with Gasteiger partial charge < -0.3 is 5.32 Å². The van der Waals surface area contributed by atoms with Gasteiger partial charge in [0.2, 0.25) is 0 Å². The van der Waals surface area contributed by atoms with E-state index in [0.29, 0.717) is 6.04 Å². The van der Waals surface area contributed by atoms with E-state index in [0.717, 1.165) is 12.5 Å². The summed E-state index contributed by atoms with van der Waals surface area (Å²) in [5.74, 6) is 0.801. The van der Waals surface area contributed by atoms with E-state index in [-0.39, 0.29) is 0 Å². The molecule has 0 aliphatic heterocycles. The maximum absolute atomic E-state index is 4.32. The Morgan fingerprint density at radius 1 is 1.25 bits per heavy atom. The van der Waals surface area contributed by atoms with Crippen LogP contribution in [0.25, 0.3) is 0 Å². The van der Waals surface area contributed by atoms with Crippen LogP contribution in [0.15, 0.2) is 30.5 Å². The van der Waals surface area contributed by atoms with Gasteiger partial charge in [0, 0.05) is 30.9 Å². The molecule has 20 heavy (non-hydrogen) atoms. The zero-order valence-corrected chi connectivity index (χ0v) is 12.6. The third kappa shape index (κ3) is 2.78. The van der Waals surface area contributed by atoms with Crippen molar-refractivity contribution in [2.75, 3.05) is 0 Å². The van der Waals surface area contributed by atoms with Crippen molar-refractivity contribution in [1.82, 2.24) is 15.1 Å². The van der Waals surface area contributed by atoms with Gasteiger partial charge in [0.1, 0.15) is 0 Å². The summed E-state index contributed by atoms with van der Waals surface area (Å²) < 4.78 is 1.94. The van der Waals surface area contributed by atoms with Crippen molar-refractivity contribution >= 4 is 0 Å². The second-order valence-electron chi connectivity index (χ2n) is 5.99. The van der Waals surface area contributed by atoms with Crippen LogP contribution in [0.3, 0.4) is 0 Å². The predicted octanol–water partition coefficient (Wildman–Crippen LogP) is 3.28. The van der Waals surface area contributed by atoms with Crippen LogP contribution >= 0.6 is 0 Å². The molecule has 1 fully saturated rings. The second-order valence-corrected chi connectivity index (χ2v) is 5.99. The molecule has 3 rings (SSSR count). The molecule has 3 nitrogen and oxygen atoms in total. The van der Waals surface area contributed by atoms with Crippen molar-refractivity contribution in [3.8, 4) is 0 Å². The topological polar surface area (TPSA) is 29.9 Å². The molecule has 0 amide bonds. The van der Waals surface area contributed by atoms with Gasteiger partial charge in [-0.3, -0.25) is 4.68 Å². The summed E-state index contributed by atoms with van der Waals surface area (Å²) in [4.78, 5) is 0. The summed E-state index contributed by atoms with van der Waals surface area (Å²) in [6.45, 7) is 5.17. The maximum Gasteiger partial charge on any atom is 0.0537 e. The van der Waals surface area contributed by atoms with Crippen LogP contribution in [0, 0.1) is 19.8 Å². The van der Waals surface area contributed by atoms with Gasteiger partial charge in [-0.2, -0.15) is 5.10 Å². The number of aromatic nitrogens is 2. The van der Waals surface area contributed by atoms with Crippen molar-refractivity contribution in [1.29, 1.82) is 0 Å². The van der Waals surface area contributed by atoms with Crippen molar-refractivity contribution in [2.45, 2.75) is 39.3 Å². The van der Waals surface area contributed by atoms with E-state index in [9.17, 15) is 0 Å². The summed E-state index contributed by atoms with van der Waals surface area (Å²) in [5, 5.41) is 8.05. The van der Waals surface area contributed by atoms with Crippen LogP contribution in [0.4, 0.5) is 0 Å². The predicted molar refractivity (Wildman–Crippen MR) is 81.4 cm³/mol. The van der Waals surface area contributed by atoms with E-state index in [1.54, 1.807) is 0 Å². The maximum atomic E-state index is 4.32. The van der Waals surface area contributed by atoms with E-state index in [1.165, 1.54) is 35.2 Å². The Morgan fingerprint density at radius 3 is 2.50 bits per heavy atom. The van der Waals surface area contributed by atoms with Crippen LogP contribution in [0.1, 0.15) is 41.3 Å². The third-order valence-electron chi connectivity index (χ3n) is 4.38. The van der Waals surface area contributed by atoms with Gasteiger partial charge in [-0.15, -0.1) is 0 Å². The molecule has 1 N–H and O–H groups in total. The van der Waals surface area contributed by atoms with Crippen molar-refractivity contribution < 1.29 is 0 Å². The van der Waals surface area contributed by atoms with E-state index in [2.05, 4.69) is 48.5 Å². The molecule has 0 spiro atoms. The van der Waals surface area contributed by atoms with Gasteiger partial charge in [-0.1, -0.05) is 29.8 Å². The zero-order valence-electron chi connectivity index (χ0n) is 12.6. The van der Waals surface area contributed by atoms with Crippen LogP contribution in [0.5, 0.6) is 0 Å². The lowest BCUT2D eigenvalue weighted by molar-refractivity contribution is 0.479. The molecule has 0 saturated heterocycles. The average molecular weight is 269 g/mol. The summed E-state index contributed by atoms with van der Waals surface area (Å²) in [5.41, 5.74) is 5.28. The zero-order chi connectivity index (χ0) is 14.1. The van der Waals surface area contributed by atoms with E-state index in [1.807, 2.05) is 17.9 Å². The first-order valence-corrected chi connectivity index (χ1v) is 7.42. The summed E-state index contributed by atoms with van der Waals surface area (Å²) >= 11 is 0. The largest absolute Gasteiger partial charge is 0.305 e. The van der Waals surface area contributed by atoms with Crippen LogP contribution in [-0.4, -0.2) is 9.78 Å². The fourth-order valence-electron chi connectivity index (χ4n) is 2.70. The average Bonchev–Trinajstić information content (AvgIpc) is 3.23. The molecule has 1 aromatic carbocycles. The highest BCUT2D eigenvalue weighted by molar-refractivity contribution is 5.26. The molecule has 1 saturated carbocycles. The first-order chi connectivity index (χ1) is 9.65. The summed E-state index contributed by atoms with van der Waals surface area (Å²) in [6.07, 6.45) is 4.66. The standard InChI is InChI=1S/C17H23N3/c1-12-4-6-14(7-5-12)17(15-8-9-15)18-10-16-11-19-20(3)13(16)2/h4-7,11,15,17-18H,8-10H2,1-3H3. The molecule has 106 valence electrons. The Hall–Kier alpha value is -1.61. The number of nitrogens with one attached hydrogen (secondary N) is 1. The molecule has 3 heteroatoms. The SMILES string of the molecule is Cc1ccc(C(NCc2cnn(C)c2C)C2CC2)cc1. The van der Waals surface area contributed by atoms with Crippen LogP contribution < -0.4 is 5.32 Å². The van der Waals surface area contributed by atoms with Crippen molar-refractivity contribution in [3.05, 3.63) is 52.8 Å². The molecule has 0 radical (unpaired) electrons. The van der Waals surface area contributed by atoms with Crippen LogP contribution in [-0.2, 0) is 13.6 Å². The minimum Gasteiger partial charge on any atom is -0.305 e. The van der Waals surface area contributed by atoms with E-state index >= 15 is 0 Å². The minimum absolute atomic E-state index is 0.482. The molecule has 0 bridgehead atoms. The lowest BCUT2D eigenvalue weighted by Crippen LogP contribution is -2.23. The number of benzene rings is 1. The summed E-state index contributed by atoms with van der Waals surface area (Å²) in [6, 6.07) is 9.43. The van der Waals surface area contributed by atoms with Crippen LogP contribution in [0.2, 0.25) is 0 Å². The molecule has 1 aromatic heterocycles. The highest BCUT2D eigenvalue weighted by Gasteiger charge is 2.31. The Morgan fingerprint density at radius 2 is 1.95 bits per heavy atom. The van der Waals surface area contributed by atoms with Gasteiger partial charge in [0.05, 0.1) is 6.20 Å². The molecule has 1 aliphatic rings. The highest BCUT2D eigenvalue weighted by Crippen LogP contribution is 2.41. The number of nitrogens with zero attached hydrogens (tertiary/aromatic N) is 2. The molecule has 1 atom stereocenters. The fraction of sp³-hybridized carbons (Fsp3) is 0.471. The highest BCUT2D eigenvalue weighted by atomic mass is 15.3. The Balaban J connectivity index is 1.72. The van der Waals surface area contributed by atoms with Gasteiger partial charge in [0.15, 0.2) is 0 Å². The number of hydrogen-bond acceptors (Lipinski definition) is 2. The Kier molecular flexibility index (Phi) is 3.62. The molecule has 1 unspecified atom stereocenters. The smallest absolute Gasteiger partial charge is 0.0537 e. The first-order valence-electron chi connectivity index (χ1n) is 7.42. The second kappa shape index (κ2) is 5.41. The van der Waals surface area contributed by atoms with Crippen molar-refractivity contribution in [3.63, 3.8) is 0 Å². The van der Waals surface area contributed by atoms with E-state index in [4.69, 9.17) is 0 Å². The Labute approximate surface area is 121 Å². The summed E-state index contributed by atoms with van der Waals surface area (Å²) in [7, 11) is 2.00. The molecular formula is C17H23N3. The van der Waals surface area contributed by atoms with Gasteiger partial charge in [-0.25, -0.2) is 0 Å². The fourth-order valence-corrected chi connectivity index (χ4v) is 2.70. The normalized spacial score (nSPS) is 16.4. The lowest BCUT2D eigenvalue weighted by Gasteiger charge is -2.19. The van der Waals surface area contributed by atoms with Gasteiger partial charge >= 0.3 is 0 Å². The quantitative estimate of drug-likeness (QED) is 0.902.